The lowest BCUT2D eigenvalue weighted by Crippen LogP contribution is -2.28. The van der Waals surface area contributed by atoms with E-state index in [-0.39, 0.29) is 23.5 Å². The lowest BCUT2D eigenvalue weighted by Gasteiger charge is -2.15. The maximum absolute atomic E-state index is 13.7. The zero-order valence-electron chi connectivity index (χ0n) is 15.8. The van der Waals surface area contributed by atoms with Crippen LogP contribution in [0.4, 0.5) is 15.2 Å². The number of halogens is 1. The molecule has 146 valence electrons. The summed E-state index contributed by atoms with van der Waals surface area (Å²) in [5, 5.41) is 14.4. The van der Waals surface area contributed by atoms with Gasteiger partial charge >= 0.3 is 0 Å². The molecule has 0 spiro atoms. The molecule has 0 radical (unpaired) electrons. The molecule has 1 atom stereocenters. The molecule has 3 aromatic rings. The number of nitrogens with one attached hydrogen (secondary N) is 2. The second-order valence-electron chi connectivity index (χ2n) is 6.40. The van der Waals surface area contributed by atoms with E-state index in [0.717, 1.165) is 5.56 Å². The van der Waals surface area contributed by atoms with Crippen molar-refractivity contribution >= 4 is 39.8 Å². The molecule has 1 heterocycles. The normalized spacial score (nSPS) is 11.9. The Morgan fingerprint density at radius 2 is 1.96 bits per heavy atom. The minimum atomic E-state index is -0.355. The molecule has 0 aliphatic heterocycles. The van der Waals surface area contributed by atoms with Crippen molar-refractivity contribution < 1.29 is 9.18 Å². The van der Waals surface area contributed by atoms with Crippen molar-refractivity contribution in [3.8, 4) is 0 Å². The zero-order valence-corrected chi connectivity index (χ0v) is 17.5. The van der Waals surface area contributed by atoms with Gasteiger partial charge in [0.05, 0.1) is 17.5 Å². The first-order chi connectivity index (χ1) is 13.4. The summed E-state index contributed by atoms with van der Waals surface area (Å²) in [6.45, 7) is 6.09. The summed E-state index contributed by atoms with van der Waals surface area (Å²) in [4.78, 5) is 12.3. The Morgan fingerprint density at radius 1 is 1.18 bits per heavy atom. The summed E-state index contributed by atoms with van der Waals surface area (Å²) in [5.41, 5.74) is 3.86. The van der Waals surface area contributed by atoms with E-state index in [1.165, 1.54) is 40.3 Å². The highest BCUT2D eigenvalue weighted by Gasteiger charge is 2.13. The fourth-order valence-electron chi connectivity index (χ4n) is 2.52. The molecule has 2 N–H and O–H groups in total. The van der Waals surface area contributed by atoms with Crippen molar-refractivity contribution in [2.24, 2.45) is 0 Å². The average Bonchev–Trinajstić information content (AvgIpc) is 3.11. The van der Waals surface area contributed by atoms with Gasteiger partial charge in [0.25, 0.3) is 0 Å². The summed E-state index contributed by atoms with van der Waals surface area (Å²) < 4.78 is 14.3. The number of anilines is 2. The standard InChI is InChI=1S/C20H21FN4OS2/c1-12-8-9-15(10-13(12)2)14(3)22-18(26)11-27-20-25-24-19(28-20)23-17-7-5-4-6-16(17)21/h4-10,14H,11H2,1-3H3,(H,22,26)(H,23,24). The van der Waals surface area contributed by atoms with Crippen LogP contribution in [-0.2, 0) is 4.79 Å². The number of benzene rings is 2. The van der Waals surface area contributed by atoms with Gasteiger partial charge in [0.1, 0.15) is 5.82 Å². The Bertz CT molecular complexity index is 976. The van der Waals surface area contributed by atoms with Gasteiger partial charge in [0.15, 0.2) is 4.34 Å². The number of aryl methyl sites for hydroxylation is 2. The molecule has 3 rings (SSSR count). The molecule has 28 heavy (non-hydrogen) atoms. The first-order valence-electron chi connectivity index (χ1n) is 8.77. The molecule has 0 saturated heterocycles. The number of amides is 1. The van der Waals surface area contributed by atoms with Gasteiger partial charge in [-0.15, -0.1) is 10.2 Å². The highest BCUT2D eigenvalue weighted by Crippen LogP contribution is 2.28. The van der Waals surface area contributed by atoms with Gasteiger partial charge in [-0.2, -0.15) is 0 Å². The third-order valence-corrected chi connectivity index (χ3v) is 6.23. The number of hydrogen-bond donors (Lipinski definition) is 2. The second-order valence-corrected chi connectivity index (χ2v) is 8.60. The molecular weight excluding hydrogens is 395 g/mol. The van der Waals surface area contributed by atoms with E-state index in [9.17, 15) is 9.18 Å². The monoisotopic (exact) mass is 416 g/mol. The van der Waals surface area contributed by atoms with E-state index in [1.54, 1.807) is 18.2 Å². The van der Waals surface area contributed by atoms with Gasteiger partial charge in [0.2, 0.25) is 11.0 Å². The van der Waals surface area contributed by atoms with Crippen molar-refractivity contribution in [3.05, 3.63) is 65.0 Å². The Hall–Kier alpha value is -2.45. The van der Waals surface area contributed by atoms with Crippen LogP contribution in [0.15, 0.2) is 46.8 Å². The topological polar surface area (TPSA) is 66.9 Å². The lowest BCUT2D eigenvalue weighted by molar-refractivity contribution is -0.119. The molecular formula is C20H21FN4OS2. The van der Waals surface area contributed by atoms with E-state index < -0.39 is 0 Å². The molecule has 1 unspecified atom stereocenters. The summed E-state index contributed by atoms with van der Waals surface area (Å²) >= 11 is 2.59. The third-order valence-electron chi connectivity index (χ3n) is 4.26. The fraction of sp³-hybridized carbons (Fsp3) is 0.250. The van der Waals surface area contributed by atoms with Gasteiger partial charge < -0.3 is 10.6 Å². The van der Waals surface area contributed by atoms with Crippen molar-refractivity contribution in [1.82, 2.24) is 15.5 Å². The van der Waals surface area contributed by atoms with E-state index >= 15 is 0 Å². The Kier molecular flexibility index (Phi) is 6.64. The highest BCUT2D eigenvalue weighted by atomic mass is 32.2. The molecule has 2 aromatic carbocycles. The van der Waals surface area contributed by atoms with Crippen LogP contribution < -0.4 is 10.6 Å². The van der Waals surface area contributed by atoms with E-state index in [1.807, 2.05) is 13.0 Å². The van der Waals surface area contributed by atoms with Crippen molar-refractivity contribution in [2.75, 3.05) is 11.1 Å². The van der Waals surface area contributed by atoms with Gasteiger partial charge in [-0.1, -0.05) is 53.4 Å². The molecule has 0 saturated carbocycles. The van der Waals surface area contributed by atoms with Crippen LogP contribution >= 0.6 is 23.1 Å². The minimum absolute atomic E-state index is 0.0693. The number of carbonyl (C=O) groups is 1. The van der Waals surface area contributed by atoms with Crippen LogP contribution in [0.1, 0.15) is 29.7 Å². The molecule has 5 nitrogen and oxygen atoms in total. The maximum Gasteiger partial charge on any atom is 0.230 e. The smallest absolute Gasteiger partial charge is 0.230 e. The van der Waals surface area contributed by atoms with Crippen molar-refractivity contribution in [2.45, 2.75) is 31.2 Å². The zero-order chi connectivity index (χ0) is 20.1. The van der Waals surface area contributed by atoms with E-state index in [0.29, 0.717) is 15.2 Å². The van der Waals surface area contributed by atoms with Crippen LogP contribution in [0.25, 0.3) is 0 Å². The largest absolute Gasteiger partial charge is 0.349 e. The van der Waals surface area contributed by atoms with E-state index in [4.69, 9.17) is 0 Å². The SMILES string of the molecule is Cc1ccc(C(C)NC(=O)CSc2nnc(Nc3ccccc3F)s2)cc1C. The van der Waals surface area contributed by atoms with Gasteiger partial charge in [-0.3, -0.25) is 4.79 Å². The predicted molar refractivity (Wildman–Crippen MR) is 113 cm³/mol. The number of rotatable bonds is 7. The second kappa shape index (κ2) is 9.16. The Balaban J connectivity index is 1.51. The number of aromatic nitrogens is 2. The number of thioether (sulfide) groups is 1. The third kappa shape index (κ3) is 5.30. The molecule has 1 amide bonds. The van der Waals surface area contributed by atoms with Crippen molar-refractivity contribution in [3.63, 3.8) is 0 Å². The molecule has 1 aromatic heterocycles. The number of hydrogen-bond acceptors (Lipinski definition) is 6. The Labute approximate surface area is 171 Å². The summed E-state index contributed by atoms with van der Waals surface area (Å²) in [6.07, 6.45) is 0. The van der Waals surface area contributed by atoms with Crippen LogP contribution in [0.2, 0.25) is 0 Å². The van der Waals surface area contributed by atoms with Gasteiger partial charge in [0, 0.05) is 0 Å². The molecule has 0 aliphatic carbocycles. The first-order valence-corrected chi connectivity index (χ1v) is 10.6. The van der Waals surface area contributed by atoms with Gasteiger partial charge in [-0.25, -0.2) is 4.39 Å². The Morgan fingerprint density at radius 3 is 2.71 bits per heavy atom. The predicted octanol–water partition coefficient (Wildman–Crippen LogP) is 5.01. The quantitative estimate of drug-likeness (QED) is 0.530. The highest BCUT2D eigenvalue weighted by molar-refractivity contribution is 8.01. The van der Waals surface area contributed by atoms with Crippen LogP contribution in [-0.4, -0.2) is 21.9 Å². The summed E-state index contributed by atoms with van der Waals surface area (Å²) in [7, 11) is 0. The van der Waals surface area contributed by atoms with Crippen LogP contribution in [0.5, 0.6) is 0 Å². The molecule has 0 aliphatic rings. The van der Waals surface area contributed by atoms with Crippen LogP contribution in [0, 0.1) is 19.7 Å². The fourth-order valence-corrected chi connectivity index (χ4v) is 4.10. The number of carbonyl (C=O) groups excluding carboxylic acids is 1. The summed E-state index contributed by atoms with van der Waals surface area (Å²) in [5.74, 6) is -0.190. The molecule has 0 bridgehead atoms. The average molecular weight is 417 g/mol. The van der Waals surface area contributed by atoms with Gasteiger partial charge in [-0.05, 0) is 49.6 Å². The summed E-state index contributed by atoms with van der Waals surface area (Å²) in [6, 6.07) is 12.5. The molecule has 0 fully saturated rings. The first kappa shape index (κ1) is 20.3. The maximum atomic E-state index is 13.7. The lowest BCUT2D eigenvalue weighted by atomic mass is 10.0. The van der Waals surface area contributed by atoms with Crippen molar-refractivity contribution in [1.29, 1.82) is 0 Å². The number of para-hydroxylation sites is 1. The number of nitrogens with zero attached hydrogens (tertiary/aromatic N) is 2. The minimum Gasteiger partial charge on any atom is -0.349 e. The van der Waals surface area contributed by atoms with E-state index in [2.05, 4.69) is 46.8 Å². The van der Waals surface area contributed by atoms with Crippen LogP contribution in [0.3, 0.4) is 0 Å². The molecule has 8 heteroatoms.